The van der Waals surface area contributed by atoms with E-state index in [0.29, 0.717) is 6.42 Å². The molecule has 23 heavy (non-hydrogen) atoms. The predicted octanol–water partition coefficient (Wildman–Crippen LogP) is 4.67. The van der Waals surface area contributed by atoms with Gasteiger partial charge in [-0.1, -0.05) is 51.1 Å². The molecular weight excluding hydrogens is 282 g/mol. The molecule has 3 aromatic rings. The van der Waals surface area contributed by atoms with Crippen molar-refractivity contribution in [1.29, 1.82) is 5.26 Å². The summed E-state index contributed by atoms with van der Waals surface area (Å²) in [5, 5.41) is 9.20. The second kappa shape index (κ2) is 5.55. The SMILES string of the molecule is Cc1ccc2nc(-c3ccc(C(C)(C)C)cc3)c(CC#N)n2c1. The zero-order chi connectivity index (χ0) is 16.6. The zero-order valence-corrected chi connectivity index (χ0v) is 14.1. The molecule has 2 aromatic heterocycles. The number of aryl methyl sites for hydroxylation is 1. The van der Waals surface area contributed by atoms with Crippen LogP contribution in [0.1, 0.15) is 37.6 Å². The molecular formula is C20H21N3. The number of benzene rings is 1. The highest BCUT2D eigenvalue weighted by atomic mass is 15.0. The van der Waals surface area contributed by atoms with Gasteiger partial charge in [0.2, 0.25) is 0 Å². The van der Waals surface area contributed by atoms with E-state index in [-0.39, 0.29) is 5.41 Å². The van der Waals surface area contributed by atoms with Gasteiger partial charge < -0.3 is 4.40 Å². The molecule has 116 valence electrons. The Morgan fingerprint density at radius 2 is 1.78 bits per heavy atom. The van der Waals surface area contributed by atoms with Crippen molar-refractivity contribution >= 4 is 5.65 Å². The molecule has 0 atom stereocenters. The molecule has 0 fully saturated rings. The molecule has 0 bridgehead atoms. The van der Waals surface area contributed by atoms with Gasteiger partial charge in [-0.05, 0) is 29.5 Å². The summed E-state index contributed by atoms with van der Waals surface area (Å²) in [6.07, 6.45) is 2.39. The first-order valence-electron chi connectivity index (χ1n) is 7.85. The molecule has 0 unspecified atom stereocenters. The van der Waals surface area contributed by atoms with E-state index in [1.807, 2.05) is 29.7 Å². The molecule has 0 spiro atoms. The molecule has 3 heteroatoms. The smallest absolute Gasteiger partial charge is 0.137 e. The van der Waals surface area contributed by atoms with Crippen LogP contribution >= 0.6 is 0 Å². The quantitative estimate of drug-likeness (QED) is 0.690. The van der Waals surface area contributed by atoms with E-state index in [4.69, 9.17) is 4.98 Å². The summed E-state index contributed by atoms with van der Waals surface area (Å²) >= 11 is 0. The Morgan fingerprint density at radius 3 is 2.39 bits per heavy atom. The van der Waals surface area contributed by atoms with Gasteiger partial charge in [0.25, 0.3) is 0 Å². The first kappa shape index (κ1) is 15.3. The molecule has 0 N–H and O–H groups in total. The summed E-state index contributed by atoms with van der Waals surface area (Å²) in [5.41, 5.74) is 6.38. The van der Waals surface area contributed by atoms with E-state index in [9.17, 15) is 5.26 Å². The lowest BCUT2D eigenvalue weighted by atomic mass is 9.86. The van der Waals surface area contributed by atoms with Gasteiger partial charge in [-0.2, -0.15) is 5.26 Å². The minimum atomic E-state index is 0.129. The van der Waals surface area contributed by atoms with E-state index in [1.165, 1.54) is 5.56 Å². The standard InChI is InChI=1S/C20H21N3/c1-14-5-10-18-22-19(17(11-12-21)23(18)13-14)15-6-8-16(9-7-15)20(2,3)4/h5-10,13H,11H2,1-4H3. The fourth-order valence-corrected chi connectivity index (χ4v) is 2.80. The van der Waals surface area contributed by atoms with Crippen LogP contribution in [0.2, 0.25) is 0 Å². The number of hydrogen-bond acceptors (Lipinski definition) is 2. The van der Waals surface area contributed by atoms with E-state index in [1.54, 1.807) is 0 Å². The summed E-state index contributed by atoms with van der Waals surface area (Å²) in [7, 11) is 0. The third-order valence-corrected chi connectivity index (χ3v) is 4.14. The maximum Gasteiger partial charge on any atom is 0.137 e. The van der Waals surface area contributed by atoms with Crippen molar-refractivity contribution in [2.45, 2.75) is 39.5 Å². The summed E-state index contributed by atoms with van der Waals surface area (Å²) < 4.78 is 2.03. The summed E-state index contributed by atoms with van der Waals surface area (Å²) in [6, 6.07) is 14.8. The normalized spacial score (nSPS) is 11.6. The highest BCUT2D eigenvalue weighted by molar-refractivity contribution is 5.67. The predicted molar refractivity (Wildman–Crippen MR) is 93.4 cm³/mol. The lowest BCUT2D eigenvalue weighted by molar-refractivity contribution is 0.590. The van der Waals surface area contributed by atoms with Crippen LogP contribution in [0.3, 0.4) is 0 Å². The molecule has 1 aromatic carbocycles. The number of aromatic nitrogens is 2. The Kier molecular flexibility index (Phi) is 3.69. The first-order valence-corrected chi connectivity index (χ1v) is 7.85. The van der Waals surface area contributed by atoms with Crippen molar-refractivity contribution in [2.24, 2.45) is 0 Å². The third-order valence-electron chi connectivity index (χ3n) is 4.14. The molecule has 3 rings (SSSR count). The molecule has 0 aliphatic heterocycles. The van der Waals surface area contributed by atoms with Crippen molar-refractivity contribution in [3.05, 3.63) is 59.4 Å². The first-order chi connectivity index (χ1) is 10.9. The van der Waals surface area contributed by atoms with Gasteiger partial charge >= 0.3 is 0 Å². The molecule has 0 saturated carbocycles. The maximum absolute atomic E-state index is 9.20. The van der Waals surface area contributed by atoms with Crippen LogP contribution in [-0.4, -0.2) is 9.38 Å². The summed E-state index contributed by atoms with van der Waals surface area (Å²) in [4.78, 5) is 4.75. The van der Waals surface area contributed by atoms with Crippen molar-refractivity contribution in [1.82, 2.24) is 9.38 Å². The monoisotopic (exact) mass is 303 g/mol. The van der Waals surface area contributed by atoms with Gasteiger partial charge in [-0.15, -0.1) is 0 Å². The number of imidazole rings is 1. The largest absolute Gasteiger partial charge is 0.302 e. The van der Waals surface area contributed by atoms with E-state index >= 15 is 0 Å². The van der Waals surface area contributed by atoms with E-state index in [2.05, 4.69) is 51.1 Å². The molecule has 3 nitrogen and oxygen atoms in total. The number of fused-ring (bicyclic) bond motifs is 1. The van der Waals surface area contributed by atoms with Crippen molar-refractivity contribution < 1.29 is 0 Å². The molecule has 0 aliphatic carbocycles. The van der Waals surface area contributed by atoms with Crippen molar-refractivity contribution in [2.75, 3.05) is 0 Å². The van der Waals surface area contributed by atoms with Crippen LogP contribution in [0.5, 0.6) is 0 Å². The average molecular weight is 303 g/mol. The number of nitrogens with zero attached hydrogens (tertiary/aromatic N) is 3. The van der Waals surface area contributed by atoms with Crippen LogP contribution in [0.15, 0.2) is 42.6 Å². The van der Waals surface area contributed by atoms with Gasteiger partial charge in [0.15, 0.2) is 0 Å². The second-order valence-corrected chi connectivity index (χ2v) is 7.00. The number of hydrogen-bond donors (Lipinski definition) is 0. The van der Waals surface area contributed by atoms with Crippen LogP contribution in [0, 0.1) is 18.3 Å². The fourth-order valence-electron chi connectivity index (χ4n) is 2.80. The molecule has 0 amide bonds. The minimum Gasteiger partial charge on any atom is -0.302 e. The highest BCUT2D eigenvalue weighted by Crippen LogP contribution is 2.28. The van der Waals surface area contributed by atoms with Gasteiger partial charge in [0.1, 0.15) is 5.65 Å². The Labute approximate surface area is 137 Å². The highest BCUT2D eigenvalue weighted by Gasteiger charge is 2.16. The summed E-state index contributed by atoms with van der Waals surface area (Å²) in [5.74, 6) is 0. The molecule has 0 aliphatic rings. The van der Waals surface area contributed by atoms with Crippen LogP contribution in [0.4, 0.5) is 0 Å². The Morgan fingerprint density at radius 1 is 1.09 bits per heavy atom. The van der Waals surface area contributed by atoms with Gasteiger partial charge in [-0.25, -0.2) is 4.98 Å². The molecule has 0 radical (unpaired) electrons. The molecule has 2 heterocycles. The van der Waals surface area contributed by atoms with Crippen LogP contribution in [0.25, 0.3) is 16.9 Å². The Hall–Kier alpha value is -2.60. The van der Waals surface area contributed by atoms with Crippen LogP contribution in [-0.2, 0) is 11.8 Å². The number of pyridine rings is 1. The zero-order valence-electron chi connectivity index (χ0n) is 14.1. The third kappa shape index (κ3) is 2.85. The van der Waals surface area contributed by atoms with Gasteiger partial charge in [-0.3, -0.25) is 0 Å². The second-order valence-electron chi connectivity index (χ2n) is 7.00. The van der Waals surface area contributed by atoms with Crippen molar-refractivity contribution in [3.63, 3.8) is 0 Å². The lowest BCUT2D eigenvalue weighted by Crippen LogP contribution is -2.10. The average Bonchev–Trinajstić information content (AvgIpc) is 2.85. The van der Waals surface area contributed by atoms with Gasteiger partial charge in [0, 0.05) is 11.8 Å². The van der Waals surface area contributed by atoms with E-state index < -0.39 is 0 Å². The van der Waals surface area contributed by atoms with Crippen molar-refractivity contribution in [3.8, 4) is 17.3 Å². The van der Waals surface area contributed by atoms with E-state index in [0.717, 1.165) is 28.2 Å². The Bertz CT molecular complexity index is 888. The van der Waals surface area contributed by atoms with Gasteiger partial charge in [0.05, 0.1) is 23.9 Å². The fraction of sp³-hybridized carbons (Fsp3) is 0.300. The maximum atomic E-state index is 9.20. The lowest BCUT2D eigenvalue weighted by Gasteiger charge is -2.19. The van der Waals surface area contributed by atoms with Crippen LogP contribution < -0.4 is 0 Å². The Balaban J connectivity index is 2.16. The topological polar surface area (TPSA) is 41.1 Å². The molecule has 0 saturated heterocycles. The summed E-state index contributed by atoms with van der Waals surface area (Å²) in [6.45, 7) is 8.66. The number of nitriles is 1. The number of rotatable bonds is 2. The minimum absolute atomic E-state index is 0.129.